The van der Waals surface area contributed by atoms with E-state index in [1.807, 2.05) is 56.7 Å². The van der Waals surface area contributed by atoms with Gasteiger partial charge >= 0.3 is 0 Å². The molecule has 0 saturated carbocycles. The third-order valence-corrected chi connectivity index (χ3v) is 6.05. The summed E-state index contributed by atoms with van der Waals surface area (Å²) < 4.78 is 0. The summed E-state index contributed by atoms with van der Waals surface area (Å²) in [4.78, 5) is 38.7. The van der Waals surface area contributed by atoms with Crippen LogP contribution in [0.4, 0.5) is 5.82 Å². The van der Waals surface area contributed by atoms with E-state index in [0.29, 0.717) is 30.9 Å². The first-order valence-corrected chi connectivity index (χ1v) is 11.9. The molecule has 8 nitrogen and oxygen atoms in total. The molecule has 0 radical (unpaired) electrons. The van der Waals surface area contributed by atoms with Gasteiger partial charge in [-0.3, -0.25) is 9.78 Å². The number of rotatable bonds is 9. The van der Waals surface area contributed by atoms with Crippen LogP contribution >= 0.6 is 0 Å². The zero-order valence-corrected chi connectivity index (χ0v) is 20.2. The van der Waals surface area contributed by atoms with Crippen molar-refractivity contribution in [1.82, 2.24) is 25.5 Å². The predicted octanol–water partition coefficient (Wildman–Crippen LogP) is 2.23. The van der Waals surface area contributed by atoms with Gasteiger partial charge in [0.05, 0.1) is 23.3 Å². The highest BCUT2D eigenvalue weighted by atomic mass is 16.2. The predicted molar refractivity (Wildman–Crippen MR) is 136 cm³/mol. The molecule has 1 aromatic carbocycles. The molecular weight excluding hydrogens is 440 g/mol. The van der Waals surface area contributed by atoms with Crippen LogP contribution < -0.4 is 15.5 Å². The Morgan fingerprint density at radius 3 is 2.69 bits per heavy atom. The summed E-state index contributed by atoms with van der Waals surface area (Å²) in [6, 6.07) is 16.5. The van der Waals surface area contributed by atoms with Gasteiger partial charge < -0.3 is 25.2 Å². The monoisotopic (exact) mass is 472 g/mol. The van der Waals surface area contributed by atoms with Crippen molar-refractivity contribution >= 4 is 18.0 Å². The average Bonchev–Trinajstić information content (AvgIpc) is 2.89. The molecule has 1 saturated heterocycles. The van der Waals surface area contributed by atoms with Gasteiger partial charge in [-0.1, -0.05) is 36.4 Å². The minimum atomic E-state index is -0.626. The summed E-state index contributed by atoms with van der Waals surface area (Å²) in [6.45, 7) is 2.92. The molecule has 0 aliphatic carbocycles. The van der Waals surface area contributed by atoms with E-state index in [1.54, 1.807) is 18.3 Å². The van der Waals surface area contributed by atoms with Crippen molar-refractivity contribution in [3.8, 4) is 0 Å². The third-order valence-electron chi connectivity index (χ3n) is 6.05. The molecule has 35 heavy (non-hydrogen) atoms. The van der Waals surface area contributed by atoms with Crippen molar-refractivity contribution in [1.29, 1.82) is 0 Å². The summed E-state index contributed by atoms with van der Waals surface area (Å²) >= 11 is 0. The lowest BCUT2D eigenvalue weighted by molar-refractivity contribution is -0.109. The molecule has 2 atom stereocenters. The minimum absolute atomic E-state index is 0.0764. The van der Waals surface area contributed by atoms with E-state index in [9.17, 15) is 9.59 Å². The topological polar surface area (TPSA) is 90.5 Å². The summed E-state index contributed by atoms with van der Waals surface area (Å²) in [7, 11) is 4.07. The van der Waals surface area contributed by atoms with Gasteiger partial charge in [0.2, 0.25) is 0 Å². The van der Waals surface area contributed by atoms with Crippen molar-refractivity contribution in [2.45, 2.75) is 25.0 Å². The zero-order chi connectivity index (χ0) is 24.6. The van der Waals surface area contributed by atoms with E-state index in [-0.39, 0.29) is 11.9 Å². The van der Waals surface area contributed by atoms with E-state index in [2.05, 4.69) is 31.5 Å². The zero-order valence-electron chi connectivity index (χ0n) is 20.2. The number of hydrogen-bond acceptors (Lipinski definition) is 7. The first-order chi connectivity index (χ1) is 17.1. The van der Waals surface area contributed by atoms with Gasteiger partial charge in [0.15, 0.2) is 0 Å². The van der Waals surface area contributed by atoms with E-state index in [4.69, 9.17) is 4.98 Å². The second kappa shape index (κ2) is 11.7. The van der Waals surface area contributed by atoms with E-state index in [0.717, 1.165) is 36.2 Å². The largest absolute Gasteiger partial charge is 0.345 e. The molecule has 8 heteroatoms. The Balaban J connectivity index is 1.61. The number of carbonyl (C=O) groups is 2. The van der Waals surface area contributed by atoms with Crippen LogP contribution in [0.15, 0.2) is 67.0 Å². The molecule has 1 amide bonds. The lowest BCUT2D eigenvalue weighted by Gasteiger charge is -2.38. The number of nitrogens with one attached hydrogen (secondary N) is 2. The number of pyridine rings is 2. The Morgan fingerprint density at radius 1 is 1.14 bits per heavy atom. The second-order valence-electron chi connectivity index (χ2n) is 8.98. The number of aldehydes is 1. The number of hydrogen-bond donors (Lipinski definition) is 2. The SMILES string of the molecule is CN(C)Cc1cccnc1C1CNCCN1c1ncccc1C(=O)NC(C=O)Cc1ccccc1. The first-order valence-electron chi connectivity index (χ1n) is 11.9. The maximum absolute atomic E-state index is 13.3. The lowest BCUT2D eigenvalue weighted by atomic mass is 10.0. The van der Waals surface area contributed by atoms with Crippen molar-refractivity contribution in [3.63, 3.8) is 0 Å². The van der Waals surface area contributed by atoms with Gasteiger partial charge in [-0.2, -0.15) is 0 Å². The van der Waals surface area contributed by atoms with E-state index in [1.165, 1.54) is 0 Å². The smallest absolute Gasteiger partial charge is 0.255 e. The van der Waals surface area contributed by atoms with Gasteiger partial charge in [-0.25, -0.2) is 4.98 Å². The highest BCUT2D eigenvalue weighted by molar-refractivity contribution is 6.00. The summed E-state index contributed by atoms with van der Waals surface area (Å²) in [5.41, 5.74) is 3.55. The Morgan fingerprint density at radius 2 is 1.91 bits per heavy atom. The standard InChI is InChI=1S/C27H32N6O2/c1-32(2)18-21-10-6-12-29-25(21)24-17-28-14-15-33(24)26-23(11-7-13-30-26)27(35)31-22(19-34)16-20-8-4-3-5-9-20/h3-13,19,22,24,28H,14-18H2,1-2H3,(H,31,35). The summed E-state index contributed by atoms with van der Waals surface area (Å²) in [6.07, 6.45) is 4.73. The number of amides is 1. The van der Waals surface area contributed by atoms with E-state index < -0.39 is 6.04 Å². The van der Waals surface area contributed by atoms with Crippen molar-refractivity contribution in [2.24, 2.45) is 0 Å². The van der Waals surface area contributed by atoms with Crippen LogP contribution in [0.25, 0.3) is 0 Å². The van der Waals surface area contributed by atoms with Crippen LogP contribution in [0.3, 0.4) is 0 Å². The Bertz CT molecular complexity index is 1140. The van der Waals surface area contributed by atoms with Crippen molar-refractivity contribution in [2.75, 3.05) is 38.6 Å². The molecule has 3 heterocycles. The van der Waals surface area contributed by atoms with Crippen LogP contribution in [0.2, 0.25) is 0 Å². The number of piperazine rings is 1. The molecule has 0 bridgehead atoms. The van der Waals surface area contributed by atoms with Gasteiger partial charge in [0.1, 0.15) is 12.1 Å². The Hall–Kier alpha value is -3.62. The number of aromatic nitrogens is 2. The van der Waals surface area contributed by atoms with Gasteiger partial charge in [-0.15, -0.1) is 0 Å². The molecule has 3 aromatic rings. The number of nitrogens with zero attached hydrogens (tertiary/aromatic N) is 4. The highest BCUT2D eigenvalue weighted by Crippen LogP contribution is 2.30. The highest BCUT2D eigenvalue weighted by Gasteiger charge is 2.31. The first kappa shape index (κ1) is 24.5. The van der Waals surface area contributed by atoms with Crippen LogP contribution in [-0.2, 0) is 17.8 Å². The molecule has 2 aromatic heterocycles. The average molecular weight is 473 g/mol. The number of carbonyl (C=O) groups excluding carboxylic acids is 2. The molecule has 1 aliphatic rings. The third kappa shape index (κ3) is 6.09. The lowest BCUT2D eigenvalue weighted by Crippen LogP contribution is -2.48. The summed E-state index contributed by atoms with van der Waals surface area (Å²) in [5.74, 6) is 0.287. The summed E-state index contributed by atoms with van der Waals surface area (Å²) in [5, 5.41) is 6.35. The fourth-order valence-electron chi connectivity index (χ4n) is 4.48. The molecular formula is C27H32N6O2. The van der Waals surface area contributed by atoms with Crippen LogP contribution in [0.1, 0.15) is 33.2 Å². The molecule has 4 rings (SSSR count). The van der Waals surface area contributed by atoms with Crippen LogP contribution in [0, 0.1) is 0 Å². The molecule has 1 aliphatic heterocycles. The normalized spacial score (nSPS) is 16.7. The molecule has 182 valence electrons. The molecule has 0 spiro atoms. The van der Waals surface area contributed by atoms with Gasteiger partial charge in [0, 0.05) is 38.6 Å². The van der Waals surface area contributed by atoms with Crippen molar-refractivity contribution < 1.29 is 9.59 Å². The minimum Gasteiger partial charge on any atom is -0.345 e. The Labute approximate surface area is 206 Å². The van der Waals surface area contributed by atoms with Crippen LogP contribution in [0.5, 0.6) is 0 Å². The maximum atomic E-state index is 13.3. The fourth-order valence-corrected chi connectivity index (χ4v) is 4.48. The number of anilines is 1. The number of benzene rings is 1. The van der Waals surface area contributed by atoms with Gasteiger partial charge in [0.25, 0.3) is 5.91 Å². The molecule has 1 fully saturated rings. The Kier molecular flexibility index (Phi) is 8.18. The van der Waals surface area contributed by atoms with E-state index >= 15 is 0 Å². The fraction of sp³-hybridized carbons (Fsp3) is 0.333. The van der Waals surface area contributed by atoms with Crippen LogP contribution in [-0.4, -0.2) is 66.8 Å². The molecule has 2 unspecified atom stereocenters. The maximum Gasteiger partial charge on any atom is 0.255 e. The second-order valence-corrected chi connectivity index (χ2v) is 8.98. The van der Waals surface area contributed by atoms with Crippen molar-refractivity contribution in [3.05, 3.63) is 89.4 Å². The quantitative estimate of drug-likeness (QED) is 0.462. The molecule has 2 N–H and O–H groups in total. The van der Waals surface area contributed by atoms with Gasteiger partial charge in [-0.05, 0) is 49.8 Å².